The molecule has 1 N–H and O–H groups in total. The molecule has 4 nitrogen and oxygen atoms in total. The Labute approximate surface area is 91.4 Å². The van der Waals surface area contributed by atoms with Gasteiger partial charge in [0.15, 0.2) is 0 Å². The van der Waals surface area contributed by atoms with Gasteiger partial charge in [-0.15, -0.1) is 0 Å². The Hall–Kier alpha value is -1.06. The van der Waals surface area contributed by atoms with Crippen LogP contribution in [0.3, 0.4) is 0 Å². The number of rotatable bonds is 1. The average Bonchev–Trinajstić information content (AvgIpc) is 2.31. The van der Waals surface area contributed by atoms with E-state index in [1.54, 1.807) is 0 Å². The molecule has 1 amide bonds. The third-order valence-corrected chi connectivity index (χ3v) is 1.80. The van der Waals surface area contributed by atoms with Gasteiger partial charge in [-0.25, -0.2) is 0 Å². The van der Waals surface area contributed by atoms with Crippen molar-refractivity contribution < 1.29 is 14.3 Å². The van der Waals surface area contributed by atoms with E-state index in [4.69, 9.17) is 0 Å². The zero-order valence-electron chi connectivity index (χ0n) is 9.84. The molecule has 0 saturated carbocycles. The van der Waals surface area contributed by atoms with Crippen molar-refractivity contribution in [3.8, 4) is 0 Å². The number of ether oxygens (including phenoxy) is 1. The summed E-state index contributed by atoms with van der Waals surface area (Å²) in [4.78, 5) is 20.2. The van der Waals surface area contributed by atoms with E-state index in [2.05, 4.69) is 10.1 Å². The predicted octanol–water partition coefficient (Wildman–Crippen LogP) is 1.63. The first kappa shape index (κ1) is 13.9. The topological polar surface area (TPSA) is 55.4 Å². The van der Waals surface area contributed by atoms with Crippen molar-refractivity contribution in [1.82, 2.24) is 5.32 Å². The van der Waals surface area contributed by atoms with Crippen LogP contribution in [-0.2, 0) is 14.3 Å². The minimum Gasteiger partial charge on any atom is -0.462 e. The summed E-state index contributed by atoms with van der Waals surface area (Å²) in [5, 5.41) is 2.81. The third-order valence-electron chi connectivity index (χ3n) is 1.80. The number of nitrogens with one attached hydrogen (secondary N) is 1. The van der Waals surface area contributed by atoms with E-state index in [0.717, 1.165) is 25.8 Å². The number of hydrogen-bond donors (Lipinski definition) is 1. The van der Waals surface area contributed by atoms with Gasteiger partial charge in [0.1, 0.15) is 5.60 Å². The van der Waals surface area contributed by atoms with Crippen molar-refractivity contribution in [2.45, 2.75) is 52.1 Å². The summed E-state index contributed by atoms with van der Waals surface area (Å²) in [6.45, 7) is 6.81. The Morgan fingerprint density at radius 3 is 2.40 bits per heavy atom. The summed E-state index contributed by atoms with van der Waals surface area (Å²) >= 11 is 0. The molecule has 1 aliphatic rings. The van der Waals surface area contributed by atoms with E-state index in [1.165, 1.54) is 6.42 Å². The lowest BCUT2D eigenvalue weighted by atomic mass is 10.2. The van der Waals surface area contributed by atoms with Crippen LogP contribution in [-0.4, -0.2) is 24.5 Å². The third kappa shape index (κ3) is 10.9. The monoisotopic (exact) mass is 215 g/mol. The molecule has 15 heavy (non-hydrogen) atoms. The molecule has 0 atom stereocenters. The zero-order chi connectivity index (χ0) is 11.7. The highest BCUT2D eigenvalue weighted by atomic mass is 16.5. The van der Waals surface area contributed by atoms with Crippen molar-refractivity contribution in [2.24, 2.45) is 0 Å². The Bertz CT molecular complexity index is 186. The highest BCUT2D eigenvalue weighted by Crippen LogP contribution is 2.03. The first-order valence-corrected chi connectivity index (χ1v) is 5.34. The molecule has 0 spiro atoms. The fourth-order valence-electron chi connectivity index (χ4n) is 1.05. The molecule has 0 aromatic heterocycles. The van der Waals surface area contributed by atoms with Gasteiger partial charge in [-0.05, 0) is 33.6 Å². The average molecular weight is 215 g/mol. The van der Waals surface area contributed by atoms with E-state index in [9.17, 15) is 9.59 Å². The Morgan fingerprint density at radius 1 is 1.27 bits per heavy atom. The van der Waals surface area contributed by atoms with Crippen molar-refractivity contribution in [3.63, 3.8) is 0 Å². The highest BCUT2D eigenvalue weighted by Gasteiger charge is 2.07. The maximum absolute atomic E-state index is 10.6. The number of hydrogen-bond acceptors (Lipinski definition) is 3. The van der Waals surface area contributed by atoms with Gasteiger partial charge in [0, 0.05) is 13.0 Å². The first-order valence-electron chi connectivity index (χ1n) is 5.34. The molecule has 0 aliphatic carbocycles. The molecule has 0 radical (unpaired) electrons. The number of amides is 1. The molecule has 0 aromatic rings. The van der Waals surface area contributed by atoms with Crippen LogP contribution in [0.5, 0.6) is 0 Å². The summed E-state index contributed by atoms with van der Waals surface area (Å²) in [7, 11) is 0. The molecule has 0 unspecified atom stereocenters. The summed E-state index contributed by atoms with van der Waals surface area (Å²) in [6.07, 6.45) is 4.18. The smallest absolute Gasteiger partial charge is 0.293 e. The van der Waals surface area contributed by atoms with E-state index in [1.807, 2.05) is 20.8 Å². The minimum absolute atomic E-state index is 0.225. The molecule has 1 aliphatic heterocycles. The molecular weight excluding hydrogens is 194 g/mol. The normalized spacial score (nSPS) is 16.6. The Morgan fingerprint density at radius 2 is 1.93 bits per heavy atom. The second-order valence-electron chi connectivity index (χ2n) is 4.49. The largest absolute Gasteiger partial charge is 0.462 e. The van der Waals surface area contributed by atoms with Crippen molar-refractivity contribution in [1.29, 1.82) is 0 Å². The SMILES string of the molecule is CC(C)(C)OC=O.O=C1CCCCCN1. The van der Waals surface area contributed by atoms with Crippen LogP contribution in [0.2, 0.25) is 0 Å². The van der Waals surface area contributed by atoms with Gasteiger partial charge in [-0.3, -0.25) is 9.59 Å². The number of carbonyl (C=O) groups excluding carboxylic acids is 2. The molecule has 1 heterocycles. The van der Waals surface area contributed by atoms with Crippen LogP contribution >= 0.6 is 0 Å². The van der Waals surface area contributed by atoms with Gasteiger partial charge < -0.3 is 10.1 Å². The zero-order valence-corrected chi connectivity index (χ0v) is 9.84. The summed E-state index contributed by atoms with van der Waals surface area (Å²) in [5.41, 5.74) is -0.318. The molecular formula is C11H21NO3. The summed E-state index contributed by atoms with van der Waals surface area (Å²) in [6, 6.07) is 0. The van der Waals surface area contributed by atoms with Gasteiger partial charge in [0.2, 0.25) is 5.91 Å². The molecule has 1 rings (SSSR count). The molecule has 1 saturated heterocycles. The first-order chi connectivity index (χ1) is 6.95. The van der Waals surface area contributed by atoms with Crippen LogP contribution in [0.4, 0.5) is 0 Å². The fourth-order valence-corrected chi connectivity index (χ4v) is 1.05. The van der Waals surface area contributed by atoms with E-state index >= 15 is 0 Å². The van der Waals surface area contributed by atoms with Crippen molar-refractivity contribution in [2.75, 3.05) is 6.54 Å². The van der Waals surface area contributed by atoms with Gasteiger partial charge in [-0.1, -0.05) is 6.42 Å². The molecule has 0 bridgehead atoms. The van der Waals surface area contributed by atoms with Crippen LogP contribution in [0.1, 0.15) is 46.5 Å². The molecule has 1 fully saturated rings. The van der Waals surface area contributed by atoms with Crippen LogP contribution in [0.15, 0.2) is 0 Å². The van der Waals surface area contributed by atoms with E-state index < -0.39 is 0 Å². The second kappa shape index (κ2) is 7.26. The highest BCUT2D eigenvalue weighted by molar-refractivity contribution is 5.75. The lowest BCUT2D eigenvalue weighted by Crippen LogP contribution is -2.21. The van der Waals surface area contributed by atoms with Gasteiger partial charge >= 0.3 is 0 Å². The minimum atomic E-state index is -0.318. The summed E-state index contributed by atoms with van der Waals surface area (Å²) in [5.74, 6) is 0.225. The predicted molar refractivity (Wildman–Crippen MR) is 58.4 cm³/mol. The lowest BCUT2D eigenvalue weighted by molar-refractivity contribution is -0.138. The molecule has 0 aromatic carbocycles. The number of carbonyl (C=O) groups is 2. The standard InChI is InChI=1S/C6H11NO.C5H10O2/c8-6-4-2-1-3-5-7-6;1-5(2,3)7-4-6/h1-5H2,(H,7,8);4H,1-3H3. The fraction of sp³-hybridized carbons (Fsp3) is 0.818. The summed E-state index contributed by atoms with van der Waals surface area (Å²) < 4.78 is 4.55. The second-order valence-corrected chi connectivity index (χ2v) is 4.49. The maximum Gasteiger partial charge on any atom is 0.293 e. The van der Waals surface area contributed by atoms with Crippen molar-refractivity contribution >= 4 is 12.4 Å². The van der Waals surface area contributed by atoms with Crippen LogP contribution in [0, 0.1) is 0 Å². The molecule has 88 valence electrons. The maximum atomic E-state index is 10.6. The van der Waals surface area contributed by atoms with Crippen molar-refractivity contribution in [3.05, 3.63) is 0 Å². The van der Waals surface area contributed by atoms with Gasteiger partial charge in [0.25, 0.3) is 6.47 Å². The molecule has 4 heteroatoms. The Balaban J connectivity index is 0.000000265. The lowest BCUT2D eigenvalue weighted by Gasteiger charge is -2.14. The van der Waals surface area contributed by atoms with Crippen LogP contribution < -0.4 is 5.32 Å². The van der Waals surface area contributed by atoms with Gasteiger partial charge in [-0.2, -0.15) is 0 Å². The quantitative estimate of drug-likeness (QED) is 0.676. The van der Waals surface area contributed by atoms with E-state index in [0.29, 0.717) is 6.47 Å². The van der Waals surface area contributed by atoms with Gasteiger partial charge in [0.05, 0.1) is 0 Å². The van der Waals surface area contributed by atoms with E-state index in [-0.39, 0.29) is 11.5 Å². The van der Waals surface area contributed by atoms with Crippen LogP contribution in [0.25, 0.3) is 0 Å². The Kier molecular flexibility index (Phi) is 6.75.